The molecule has 3 rings (SSSR count). The summed E-state index contributed by atoms with van der Waals surface area (Å²) in [7, 11) is 1.55. The molecule has 3 aromatic rings. The van der Waals surface area contributed by atoms with Crippen molar-refractivity contribution < 1.29 is 19.1 Å². The van der Waals surface area contributed by atoms with E-state index in [-0.39, 0.29) is 18.2 Å². The average Bonchev–Trinajstić information content (AvgIpc) is 3.24. The molecule has 0 spiro atoms. The number of methoxy groups -OCH3 is 1. The number of anilines is 1. The molecular formula is C21H20BrN5O4S. The Bertz CT molecular complexity index is 1090. The van der Waals surface area contributed by atoms with Gasteiger partial charge in [0.1, 0.15) is 16.5 Å². The van der Waals surface area contributed by atoms with E-state index in [0.29, 0.717) is 28.1 Å². The van der Waals surface area contributed by atoms with Crippen molar-refractivity contribution in [1.82, 2.24) is 15.6 Å². The van der Waals surface area contributed by atoms with Crippen molar-refractivity contribution in [3.05, 3.63) is 64.7 Å². The highest BCUT2D eigenvalue weighted by atomic mass is 79.9. The molecule has 32 heavy (non-hydrogen) atoms. The van der Waals surface area contributed by atoms with E-state index in [0.717, 1.165) is 28.0 Å². The molecule has 0 aliphatic rings. The minimum absolute atomic E-state index is 0.0121. The number of aromatic nitrogens is 2. The zero-order valence-electron chi connectivity index (χ0n) is 17.1. The molecule has 2 N–H and O–H groups in total. The highest BCUT2D eigenvalue weighted by Gasteiger charge is 2.12. The number of hydrazone groups is 1. The van der Waals surface area contributed by atoms with Crippen molar-refractivity contribution in [1.29, 1.82) is 0 Å². The van der Waals surface area contributed by atoms with Gasteiger partial charge in [0.15, 0.2) is 0 Å². The number of carbonyl (C=O) groups excluding carboxylic acids is 2. The standard InChI is InChI=1S/C21H20BrN5O4S/c1-30-16-7-5-15(6-8-16)20(29)24-21-27-26-19(32-21)12-18(28)25-23-13-14-3-2-4-17(11-14)31-10-9-22/h2-8,11,13H,9-10,12H2,1H3,(H,25,28)(H,24,27,29). The van der Waals surface area contributed by atoms with Gasteiger partial charge >= 0.3 is 0 Å². The van der Waals surface area contributed by atoms with E-state index in [1.54, 1.807) is 31.4 Å². The van der Waals surface area contributed by atoms with E-state index in [1.807, 2.05) is 24.3 Å². The minimum atomic E-state index is -0.350. The van der Waals surface area contributed by atoms with Crippen LogP contribution in [0.5, 0.6) is 11.5 Å². The Morgan fingerprint density at radius 2 is 1.97 bits per heavy atom. The summed E-state index contributed by atoms with van der Waals surface area (Å²) in [6.45, 7) is 0.557. The summed E-state index contributed by atoms with van der Waals surface area (Å²) in [6, 6.07) is 14.0. The lowest BCUT2D eigenvalue weighted by atomic mass is 10.2. The molecule has 2 amide bonds. The number of rotatable bonds is 10. The molecule has 0 aliphatic heterocycles. The fraction of sp³-hybridized carbons (Fsp3) is 0.190. The molecule has 0 saturated carbocycles. The van der Waals surface area contributed by atoms with E-state index in [9.17, 15) is 9.59 Å². The van der Waals surface area contributed by atoms with Gasteiger partial charge in [-0.1, -0.05) is 39.4 Å². The van der Waals surface area contributed by atoms with Gasteiger partial charge in [0, 0.05) is 10.9 Å². The first-order valence-corrected chi connectivity index (χ1v) is 11.4. The van der Waals surface area contributed by atoms with Crippen molar-refractivity contribution in [2.75, 3.05) is 24.4 Å². The van der Waals surface area contributed by atoms with Crippen LogP contribution in [0.25, 0.3) is 0 Å². The SMILES string of the molecule is COc1ccc(C(=O)Nc2nnc(CC(=O)NN=Cc3cccc(OCCBr)c3)s2)cc1. The van der Waals surface area contributed by atoms with Gasteiger partial charge in [-0.2, -0.15) is 5.10 Å². The van der Waals surface area contributed by atoms with Gasteiger partial charge in [-0.25, -0.2) is 5.43 Å². The molecule has 0 bridgehead atoms. The largest absolute Gasteiger partial charge is 0.497 e. The Balaban J connectivity index is 1.48. The Morgan fingerprint density at radius 1 is 1.16 bits per heavy atom. The molecule has 1 aromatic heterocycles. The number of benzene rings is 2. The molecule has 0 unspecified atom stereocenters. The van der Waals surface area contributed by atoms with Gasteiger partial charge in [-0.05, 0) is 42.0 Å². The Morgan fingerprint density at radius 3 is 2.72 bits per heavy atom. The van der Waals surface area contributed by atoms with Gasteiger partial charge in [0.25, 0.3) is 5.91 Å². The first kappa shape index (κ1) is 23.4. The number of carbonyl (C=O) groups is 2. The van der Waals surface area contributed by atoms with E-state index in [2.05, 4.69) is 42.0 Å². The van der Waals surface area contributed by atoms with Crippen molar-refractivity contribution in [3.63, 3.8) is 0 Å². The maximum absolute atomic E-state index is 12.3. The summed E-state index contributed by atoms with van der Waals surface area (Å²) in [5.74, 6) is 0.700. The van der Waals surface area contributed by atoms with Crippen LogP contribution in [-0.4, -0.2) is 47.3 Å². The average molecular weight is 518 g/mol. The van der Waals surface area contributed by atoms with Crippen LogP contribution in [0.15, 0.2) is 53.6 Å². The molecule has 0 aliphatic carbocycles. The molecule has 0 fully saturated rings. The summed E-state index contributed by atoms with van der Waals surface area (Å²) < 4.78 is 10.6. The predicted molar refractivity (Wildman–Crippen MR) is 126 cm³/mol. The van der Waals surface area contributed by atoms with Gasteiger partial charge in [-0.15, -0.1) is 10.2 Å². The highest BCUT2D eigenvalue weighted by molar-refractivity contribution is 9.09. The van der Waals surface area contributed by atoms with Crippen LogP contribution >= 0.6 is 27.3 Å². The normalized spacial score (nSPS) is 10.7. The number of alkyl halides is 1. The lowest BCUT2D eigenvalue weighted by molar-refractivity contribution is -0.120. The Hall–Kier alpha value is -3.31. The minimum Gasteiger partial charge on any atom is -0.497 e. The van der Waals surface area contributed by atoms with E-state index in [1.165, 1.54) is 6.21 Å². The third-order valence-electron chi connectivity index (χ3n) is 3.96. The monoisotopic (exact) mass is 517 g/mol. The van der Waals surface area contributed by atoms with Crippen molar-refractivity contribution in [2.24, 2.45) is 5.10 Å². The molecule has 1 heterocycles. The van der Waals surface area contributed by atoms with Crippen LogP contribution in [0.4, 0.5) is 5.13 Å². The fourth-order valence-corrected chi connectivity index (χ4v) is 3.38. The molecule has 0 radical (unpaired) electrons. The van der Waals surface area contributed by atoms with Crippen LogP contribution in [0.2, 0.25) is 0 Å². The van der Waals surface area contributed by atoms with Crippen LogP contribution in [-0.2, 0) is 11.2 Å². The van der Waals surface area contributed by atoms with Gasteiger partial charge < -0.3 is 9.47 Å². The molecule has 166 valence electrons. The second-order valence-electron chi connectivity index (χ2n) is 6.26. The van der Waals surface area contributed by atoms with Crippen molar-refractivity contribution >= 4 is 50.4 Å². The van der Waals surface area contributed by atoms with Crippen molar-refractivity contribution in [3.8, 4) is 11.5 Å². The Kier molecular flexibility index (Phi) is 8.70. The Labute approximate surface area is 197 Å². The van der Waals surface area contributed by atoms with Gasteiger partial charge in [0.05, 0.1) is 26.4 Å². The zero-order valence-corrected chi connectivity index (χ0v) is 19.5. The topological polar surface area (TPSA) is 115 Å². The first-order chi connectivity index (χ1) is 15.6. The molecule has 0 saturated heterocycles. The van der Waals surface area contributed by atoms with E-state index >= 15 is 0 Å². The highest BCUT2D eigenvalue weighted by Crippen LogP contribution is 2.18. The second kappa shape index (κ2) is 11.9. The third kappa shape index (κ3) is 7.13. The summed E-state index contributed by atoms with van der Waals surface area (Å²) in [5, 5.41) is 16.0. The summed E-state index contributed by atoms with van der Waals surface area (Å²) in [4.78, 5) is 24.4. The number of amides is 2. The number of nitrogens with zero attached hydrogens (tertiary/aromatic N) is 3. The van der Waals surface area contributed by atoms with Gasteiger partial charge in [0.2, 0.25) is 11.0 Å². The number of nitrogens with one attached hydrogen (secondary N) is 2. The van der Waals surface area contributed by atoms with Crippen molar-refractivity contribution in [2.45, 2.75) is 6.42 Å². The quantitative estimate of drug-likeness (QED) is 0.242. The fourth-order valence-electron chi connectivity index (χ4n) is 2.48. The first-order valence-electron chi connectivity index (χ1n) is 9.46. The lowest BCUT2D eigenvalue weighted by Crippen LogP contribution is -2.19. The smallest absolute Gasteiger partial charge is 0.257 e. The number of hydrogen-bond acceptors (Lipinski definition) is 8. The zero-order chi connectivity index (χ0) is 22.8. The summed E-state index contributed by atoms with van der Waals surface area (Å²) >= 11 is 4.43. The van der Waals surface area contributed by atoms with Gasteiger partial charge in [-0.3, -0.25) is 14.9 Å². The summed E-state index contributed by atoms with van der Waals surface area (Å²) in [5.41, 5.74) is 3.69. The van der Waals surface area contributed by atoms with Crippen LogP contribution in [0, 0.1) is 0 Å². The van der Waals surface area contributed by atoms with Crippen LogP contribution in [0.1, 0.15) is 20.9 Å². The number of hydrogen-bond donors (Lipinski definition) is 2. The molecule has 11 heteroatoms. The third-order valence-corrected chi connectivity index (χ3v) is 5.12. The molecule has 2 aromatic carbocycles. The van der Waals surface area contributed by atoms with E-state index in [4.69, 9.17) is 9.47 Å². The van der Waals surface area contributed by atoms with E-state index < -0.39 is 0 Å². The number of ether oxygens (including phenoxy) is 2. The molecule has 9 nitrogen and oxygen atoms in total. The van der Waals surface area contributed by atoms with Crippen LogP contribution in [0.3, 0.4) is 0 Å². The molecule has 0 atom stereocenters. The lowest BCUT2D eigenvalue weighted by Gasteiger charge is -2.04. The molecular weight excluding hydrogens is 498 g/mol. The second-order valence-corrected chi connectivity index (χ2v) is 8.12. The number of halogens is 1. The maximum atomic E-state index is 12.3. The predicted octanol–water partition coefficient (Wildman–Crippen LogP) is 3.27. The van der Waals surface area contributed by atoms with Crippen LogP contribution < -0.4 is 20.2 Å². The maximum Gasteiger partial charge on any atom is 0.257 e. The summed E-state index contributed by atoms with van der Waals surface area (Å²) in [6.07, 6.45) is 1.52.